The summed E-state index contributed by atoms with van der Waals surface area (Å²) in [5, 5.41) is 13.7. The molecule has 8 nitrogen and oxygen atoms in total. The summed E-state index contributed by atoms with van der Waals surface area (Å²) < 4.78 is 25.2. The largest absolute Gasteiger partial charge is 0.491 e. The fourth-order valence-corrected chi connectivity index (χ4v) is 5.14. The van der Waals surface area contributed by atoms with Crippen molar-refractivity contribution >= 4 is 22.7 Å². The summed E-state index contributed by atoms with van der Waals surface area (Å²) in [5.74, 6) is 0.534. The summed E-state index contributed by atoms with van der Waals surface area (Å²) in [6.07, 6.45) is -0.683. The normalized spacial score (nSPS) is 17.2. The molecule has 1 saturated heterocycles. The van der Waals surface area contributed by atoms with E-state index in [1.165, 1.54) is 12.1 Å². The van der Waals surface area contributed by atoms with Crippen molar-refractivity contribution in [2.45, 2.75) is 32.9 Å². The molecular weight excluding hydrogens is 511 g/mol. The molecule has 2 heterocycles. The number of aryl methyl sites for hydroxylation is 2. The van der Waals surface area contributed by atoms with E-state index in [9.17, 15) is 14.3 Å². The summed E-state index contributed by atoms with van der Waals surface area (Å²) in [5.41, 5.74) is 4.72. The number of ether oxygens (including phenoxy) is 1. The summed E-state index contributed by atoms with van der Waals surface area (Å²) in [4.78, 5) is 21.5. The Labute approximate surface area is 233 Å². The van der Waals surface area contributed by atoms with Gasteiger partial charge in [0, 0.05) is 49.5 Å². The second kappa shape index (κ2) is 12.2. The number of carbonyl (C=O) groups excluding carboxylic acids is 1. The van der Waals surface area contributed by atoms with Gasteiger partial charge >= 0.3 is 0 Å². The van der Waals surface area contributed by atoms with E-state index in [-0.39, 0.29) is 24.4 Å². The number of aromatic nitrogens is 1. The summed E-state index contributed by atoms with van der Waals surface area (Å²) in [7, 11) is 0. The molecule has 1 amide bonds. The lowest BCUT2D eigenvalue weighted by atomic mass is 10.1. The molecule has 0 unspecified atom stereocenters. The molecule has 2 atom stereocenters. The second-order valence-corrected chi connectivity index (χ2v) is 10.5. The van der Waals surface area contributed by atoms with E-state index in [0.717, 1.165) is 36.4 Å². The van der Waals surface area contributed by atoms with Gasteiger partial charge in [-0.05, 0) is 62.2 Å². The number of halogens is 1. The first kappa shape index (κ1) is 27.8. The number of benzene rings is 3. The van der Waals surface area contributed by atoms with Crippen molar-refractivity contribution in [3.63, 3.8) is 0 Å². The molecule has 3 aromatic carbocycles. The number of hydrogen-bond donors (Lipinski definition) is 2. The molecule has 0 aliphatic carbocycles. The van der Waals surface area contributed by atoms with Gasteiger partial charge < -0.3 is 19.6 Å². The fraction of sp³-hybridized carbons (Fsp3) is 0.355. The predicted octanol–water partition coefficient (Wildman–Crippen LogP) is 4.64. The van der Waals surface area contributed by atoms with E-state index < -0.39 is 6.10 Å². The SMILES string of the molecule is Cc1cccc(C)c1NC(=O)CN1CCN(C[C@H](O)COc2ccc3oc(-c4cccc(F)c4)nc3c2)[C@H](C)C1. The standard InChI is InChI=1S/C31H35FN4O4/c1-20-6-4-7-21(2)30(20)34-29(38)18-35-12-13-36(22(3)16-35)17-25(37)19-39-26-10-11-28-27(15-26)33-31(40-28)23-8-5-9-24(32)14-23/h4-11,14-15,22,25,37H,12-13,16-19H2,1-3H3,(H,34,38)/t22-,25+/m1/s1. The Morgan fingerprint density at radius 3 is 2.67 bits per heavy atom. The van der Waals surface area contributed by atoms with Crippen LogP contribution in [0, 0.1) is 19.7 Å². The molecule has 1 aromatic heterocycles. The quantitative estimate of drug-likeness (QED) is 0.316. The van der Waals surface area contributed by atoms with E-state index >= 15 is 0 Å². The third kappa shape index (κ3) is 6.67. The number of anilines is 1. The van der Waals surface area contributed by atoms with Crippen LogP contribution in [0.4, 0.5) is 10.1 Å². The number of piperazine rings is 1. The average Bonchev–Trinajstić information content (AvgIpc) is 3.35. The first-order valence-corrected chi connectivity index (χ1v) is 13.5. The molecule has 0 spiro atoms. The van der Waals surface area contributed by atoms with Crippen LogP contribution in [0.15, 0.2) is 65.1 Å². The van der Waals surface area contributed by atoms with E-state index in [2.05, 4.69) is 27.0 Å². The second-order valence-electron chi connectivity index (χ2n) is 10.5. The lowest BCUT2D eigenvalue weighted by Gasteiger charge is -2.40. The van der Waals surface area contributed by atoms with E-state index in [1.807, 2.05) is 32.0 Å². The Bertz CT molecular complexity index is 1470. The number of aliphatic hydroxyl groups excluding tert-OH is 1. The molecule has 2 N–H and O–H groups in total. The number of nitrogens with zero attached hydrogens (tertiary/aromatic N) is 3. The van der Waals surface area contributed by atoms with Crippen molar-refractivity contribution in [3.8, 4) is 17.2 Å². The highest BCUT2D eigenvalue weighted by atomic mass is 19.1. The number of rotatable bonds is 9. The van der Waals surface area contributed by atoms with Gasteiger partial charge in [0.15, 0.2) is 5.58 Å². The average molecular weight is 547 g/mol. The van der Waals surface area contributed by atoms with Gasteiger partial charge in [-0.3, -0.25) is 14.6 Å². The fourth-order valence-electron chi connectivity index (χ4n) is 5.14. The van der Waals surface area contributed by atoms with Crippen molar-refractivity contribution in [1.29, 1.82) is 0 Å². The molecule has 210 valence electrons. The van der Waals surface area contributed by atoms with Crippen molar-refractivity contribution in [3.05, 3.63) is 77.6 Å². The molecule has 1 fully saturated rings. The number of oxazole rings is 1. The van der Waals surface area contributed by atoms with Crippen LogP contribution in [-0.2, 0) is 4.79 Å². The molecule has 5 rings (SSSR count). The zero-order valence-corrected chi connectivity index (χ0v) is 23.1. The van der Waals surface area contributed by atoms with Gasteiger partial charge in [-0.1, -0.05) is 24.3 Å². The molecule has 1 aliphatic rings. The van der Waals surface area contributed by atoms with Gasteiger partial charge in [0.25, 0.3) is 0 Å². The highest BCUT2D eigenvalue weighted by Gasteiger charge is 2.27. The first-order valence-electron chi connectivity index (χ1n) is 13.5. The van der Waals surface area contributed by atoms with Crippen molar-refractivity contribution < 1.29 is 23.4 Å². The van der Waals surface area contributed by atoms with Gasteiger partial charge in [-0.2, -0.15) is 0 Å². The van der Waals surface area contributed by atoms with Gasteiger partial charge in [0.1, 0.15) is 29.8 Å². The highest BCUT2D eigenvalue weighted by Crippen LogP contribution is 2.27. The van der Waals surface area contributed by atoms with Crippen molar-refractivity contribution in [1.82, 2.24) is 14.8 Å². The Kier molecular flexibility index (Phi) is 8.44. The summed E-state index contributed by atoms with van der Waals surface area (Å²) in [6.45, 7) is 9.28. The van der Waals surface area contributed by atoms with Crippen LogP contribution >= 0.6 is 0 Å². The van der Waals surface area contributed by atoms with Crippen LogP contribution in [-0.4, -0.2) is 77.3 Å². The van der Waals surface area contributed by atoms with Gasteiger partial charge in [0.2, 0.25) is 11.8 Å². The lowest BCUT2D eigenvalue weighted by molar-refractivity contribution is -0.118. The minimum atomic E-state index is -0.683. The molecule has 40 heavy (non-hydrogen) atoms. The summed E-state index contributed by atoms with van der Waals surface area (Å²) >= 11 is 0. The van der Waals surface area contributed by atoms with Gasteiger partial charge in [0.05, 0.1) is 6.54 Å². The van der Waals surface area contributed by atoms with E-state index in [1.54, 1.807) is 30.3 Å². The third-order valence-electron chi connectivity index (χ3n) is 7.28. The molecule has 0 saturated carbocycles. The molecule has 4 aromatic rings. The lowest BCUT2D eigenvalue weighted by Crippen LogP contribution is -2.55. The smallest absolute Gasteiger partial charge is 0.238 e. The van der Waals surface area contributed by atoms with Crippen LogP contribution in [0.1, 0.15) is 18.1 Å². The maximum Gasteiger partial charge on any atom is 0.238 e. The van der Waals surface area contributed by atoms with Crippen LogP contribution in [0.25, 0.3) is 22.6 Å². The topological polar surface area (TPSA) is 91.1 Å². The number of hydrogen-bond acceptors (Lipinski definition) is 7. The van der Waals surface area contributed by atoms with Gasteiger partial charge in [-0.25, -0.2) is 9.37 Å². The number of fused-ring (bicyclic) bond motifs is 1. The number of amides is 1. The van der Waals surface area contributed by atoms with Crippen LogP contribution in [0.5, 0.6) is 5.75 Å². The van der Waals surface area contributed by atoms with Crippen LogP contribution < -0.4 is 10.1 Å². The number of β-amino-alcohol motifs (C(OH)–C–C–N with tert-alkyl or cyclic N) is 1. The third-order valence-corrected chi connectivity index (χ3v) is 7.28. The Morgan fingerprint density at radius 1 is 1.15 bits per heavy atom. The molecule has 0 bridgehead atoms. The summed E-state index contributed by atoms with van der Waals surface area (Å²) in [6, 6.07) is 17.5. The van der Waals surface area contributed by atoms with Crippen LogP contribution in [0.2, 0.25) is 0 Å². The minimum absolute atomic E-state index is 0.0152. The minimum Gasteiger partial charge on any atom is -0.491 e. The molecule has 1 aliphatic heterocycles. The highest BCUT2D eigenvalue weighted by molar-refractivity contribution is 5.93. The number of nitrogens with one attached hydrogen (secondary N) is 1. The van der Waals surface area contributed by atoms with E-state index in [4.69, 9.17) is 9.15 Å². The van der Waals surface area contributed by atoms with Gasteiger partial charge in [-0.15, -0.1) is 0 Å². The molecule has 9 heteroatoms. The maximum atomic E-state index is 13.6. The molecule has 0 radical (unpaired) electrons. The predicted molar refractivity (Wildman–Crippen MR) is 153 cm³/mol. The number of aliphatic hydroxyl groups is 1. The van der Waals surface area contributed by atoms with Crippen molar-refractivity contribution in [2.24, 2.45) is 0 Å². The van der Waals surface area contributed by atoms with Crippen LogP contribution in [0.3, 0.4) is 0 Å². The monoisotopic (exact) mass is 546 g/mol. The van der Waals surface area contributed by atoms with Crippen molar-refractivity contribution in [2.75, 3.05) is 44.6 Å². The Morgan fingerprint density at radius 2 is 1.93 bits per heavy atom. The zero-order valence-electron chi connectivity index (χ0n) is 23.1. The number of carbonyl (C=O) groups is 1. The first-order chi connectivity index (χ1) is 19.2. The maximum absolute atomic E-state index is 13.6. The molecular formula is C31H35FN4O4. The van der Waals surface area contributed by atoms with E-state index in [0.29, 0.717) is 41.4 Å². The zero-order chi connectivity index (χ0) is 28.2. The number of para-hydroxylation sites is 1. The Hall–Kier alpha value is -3.79. The Balaban J connectivity index is 1.09.